The highest BCUT2D eigenvalue weighted by molar-refractivity contribution is 5.68. The fourth-order valence-corrected chi connectivity index (χ4v) is 3.12. The van der Waals surface area contributed by atoms with E-state index in [0.29, 0.717) is 0 Å². The van der Waals surface area contributed by atoms with Gasteiger partial charge in [-0.1, -0.05) is 12.1 Å². The van der Waals surface area contributed by atoms with Crippen LogP contribution in [0.2, 0.25) is 0 Å². The Morgan fingerprint density at radius 2 is 1.42 bits per heavy atom. The predicted octanol–water partition coefficient (Wildman–Crippen LogP) is 1.06. The van der Waals surface area contributed by atoms with E-state index in [1.165, 1.54) is 24.3 Å². The van der Waals surface area contributed by atoms with Gasteiger partial charge in [-0.3, -0.25) is 29.3 Å². The Hall–Kier alpha value is -3.74. The number of nitro groups is 1. The van der Waals surface area contributed by atoms with Gasteiger partial charge in [0, 0.05) is 33.8 Å². The Bertz CT molecular complexity index is 916. The molecule has 1 aliphatic heterocycles. The first-order valence-corrected chi connectivity index (χ1v) is 9.70. The van der Waals surface area contributed by atoms with E-state index in [0.717, 1.165) is 27.7 Å². The average molecular weight is 469 g/mol. The van der Waals surface area contributed by atoms with Crippen LogP contribution in [0.15, 0.2) is 24.3 Å². The van der Waals surface area contributed by atoms with Crippen LogP contribution in [0.25, 0.3) is 0 Å². The van der Waals surface area contributed by atoms with E-state index >= 15 is 0 Å². The molecule has 0 N–H and O–H groups in total. The molecule has 0 saturated carbocycles. The summed E-state index contributed by atoms with van der Waals surface area (Å²) in [6.07, 6.45) is -7.10. The summed E-state index contributed by atoms with van der Waals surface area (Å²) in [5.74, 6) is -3.33. The molecule has 0 aromatic heterocycles. The zero-order chi connectivity index (χ0) is 24.7. The quantitative estimate of drug-likeness (QED) is 0.230. The topological polar surface area (TPSA) is 167 Å². The molecule has 33 heavy (non-hydrogen) atoms. The van der Waals surface area contributed by atoms with Crippen molar-refractivity contribution in [2.24, 2.45) is 0 Å². The van der Waals surface area contributed by atoms with E-state index < -0.39 is 71.8 Å². The van der Waals surface area contributed by atoms with Gasteiger partial charge in [-0.2, -0.15) is 0 Å². The lowest BCUT2D eigenvalue weighted by molar-refractivity contribution is -0.387. The van der Waals surface area contributed by atoms with Gasteiger partial charge in [0.15, 0.2) is 18.0 Å². The number of benzene rings is 1. The van der Waals surface area contributed by atoms with Crippen LogP contribution >= 0.6 is 0 Å². The number of esters is 4. The van der Waals surface area contributed by atoms with Crippen LogP contribution < -0.4 is 4.74 Å². The maximum absolute atomic E-state index is 11.8. The molecule has 180 valence electrons. The van der Waals surface area contributed by atoms with Crippen molar-refractivity contribution < 1.29 is 52.5 Å². The molecule has 1 fully saturated rings. The highest BCUT2D eigenvalue weighted by atomic mass is 16.7. The molecule has 13 heteroatoms. The second-order valence-corrected chi connectivity index (χ2v) is 6.91. The highest BCUT2D eigenvalue weighted by Gasteiger charge is 2.53. The van der Waals surface area contributed by atoms with Crippen LogP contribution in [0.1, 0.15) is 27.7 Å². The number of nitro benzene ring substituents is 1. The van der Waals surface area contributed by atoms with Gasteiger partial charge in [-0.15, -0.1) is 0 Å². The second-order valence-electron chi connectivity index (χ2n) is 6.91. The third-order valence-corrected chi connectivity index (χ3v) is 4.25. The minimum Gasteiger partial charge on any atom is -0.463 e. The van der Waals surface area contributed by atoms with Gasteiger partial charge in [0.25, 0.3) is 0 Å². The van der Waals surface area contributed by atoms with Crippen LogP contribution in [0.4, 0.5) is 5.69 Å². The van der Waals surface area contributed by atoms with Gasteiger partial charge in [-0.25, -0.2) is 0 Å². The first kappa shape index (κ1) is 25.5. The van der Waals surface area contributed by atoms with Crippen molar-refractivity contribution in [3.63, 3.8) is 0 Å². The van der Waals surface area contributed by atoms with Gasteiger partial charge in [-0.05, 0) is 6.07 Å². The number of carbonyl (C=O) groups excluding carboxylic acids is 4. The first-order chi connectivity index (χ1) is 15.5. The number of hydrogen-bond donors (Lipinski definition) is 0. The summed E-state index contributed by atoms with van der Waals surface area (Å²) in [7, 11) is 0. The van der Waals surface area contributed by atoms with Crippen molar-refractivity contribution in [3.05, 3.63) is 34.4 Å². The largest absolute Gasteiger partial charge is 0.463 e. The zero-order valence-corrected chi connectivity index (χ0v) is 18.2. The number of para-hydroxylation sites is 2. The Morgan fingerprint density at radius 3 is 1.97 bits per heavy atom. The number of hydrogen-bond acceptors (Lipinski definition) is 12. The van der Waals surface area contributed by atoms with Gasteiger partial charge in [0.1, 0.15) is 12.7 Å². The molecule has 1 aromatic rings. The molecule has 13 nitrogen and oxygen atoms in total. The normalized spacial score (nSPS) is 24.2. The molecule has 1 aromatic carbocycles. The number of nitrogens with zero attached hydrogens (tertiary/aromatic N) is 1. The van der Waals surface area contributed by atoms with Crippen LogP contribution in [-0.2, 0) is 42.9 Å². The fourth-order valence-electron chi connectivity index (χ4n) is 3.12. The Morgan fingerprint density at radius 1 is 0.879 bits per heavy atom. The summed E-state index contributed by atoms with van der Waals surface area (Å²) >= 11 is 0. The van der Waals surface area contributed by atoms with Crippen LogP contribution in [-0.4, -0.2) is 66.1 Å². The minimum atomic E-state index is -1.56. The fraction of sp³-hybridized carbons (Fsp3) is 0.500. The molecule has 1 heterocycles. The SMILES string of the molecule is CC(=O)OC[C@H]1OC(Oc2ccccc2[N+](=O)[O-])[C@H](OC(C)=O)[C@@H](OC(C)=O)[C@H]1OC(C)=O. The summed E-state index contributed by atoms with van der Waals surface area (Å²) in [5, 5.41) is 11.4. The summed E-state index contributed by atoms with van der Waals surface area (Å²) < 4.78 is 32.1. The number of ether oxygens (including phenoxy) is 6. The van der Waals surface area contributed by atoms with E-state index in [1.54, 1.807) is 0 Å². The highest BCUT2D eigenvalue weighted by Crippen LogP contribution is 2.34. The molecule has 1 saturated heterocycles. The van der Waals surface area contributed by atoms with Crippen LogP contribution in [0.5, 0.6) is 5.75 Å². The Kier molecular flexibility index (Phi) is 8.68. The van der Waals surface area contributed by atoms with E-state index in [9.17, 15) is 29.3 Å². The molecule has 2 rings (SSSR count). The molecule has 0 aliphatic carbocycles. The Labute approximate surface area is 188 Å². The Balaban J connectivity index is 2.51. The van der Waals surface area contributed by atoms with Crippen LogP contribution in [0, 0.1) is 10.1 Å². The van der Waals surface area contributed by atoms with E-state index in [1.807, 2.05) is 0 Å². The minimum absolute atomic E-state index is 0.233. The summed E-state index contributed by atoms with van der Waals surface area (Å²) in [5.41, 5.74) is -0.412. The van der Waals surface area contributed by atoms with Crippen molar-refractivity contribution >= 4 is 29.6 Å². The van der Waals surface area contributed by atoms with Gasteiger partial charge < -0.3 is 28.4 Å². The number of rotatable bonds is 8. The van der Waals surface area contributed by atoms with Crippen molar-refractivity contribution in [1.29, 1.82) is 0 Å². The van der Waals surface area contributed by atoms with Crippen LogP contribution in [0.3, 0.4) is 0 Å². The van der Waals surface area contributed by atoms with Gasteiger partial charge >= 0.3 is 29.6 Å². The molecular weight excluding hydrogens is 446 g/mol. The first-order valence-electron chi connectivity index (χ1n) is 9.70. The molecular formula is C20H23NO12. The molecule has 0 bridgehead atoms. The van der Waals surface area contributed by atoms with Crippen molar-refractivity contribution in [2.75, 3.05) is 6.61 Å². The standard InChI is InChI=1S/C20H23NO12/c1-10(22)28-9-16-17(29-11(2)23)18(30-12(3)24)19(31-13(4)25)20(33-16)32-15-8-6-5-7-14(15)21(26)27/h5-8,16-20H,9H2,1-4H3/t16-,17+,18+,19-,20?/m1/s1. The number of carbonyl (C=O) groups is 4. The smallest absolute Gasteiger partial charge is 0.311 e. The van der Waals surface area contributed by atoms with E-state index in [4.69, 9.17) is 28.4 Å². The molecule has 0 spiro atoms. The summed E-state index contributed by atoms with van der Waals surface area (Å²) in [4.78, 5) is 57.3. The zero-order valence-electron chi connectivity index (χ0n) is 18.2. The van der Waals surface area contributed by atoms with Gasteiger partial charge in [0.05, 0.1) is 4.92 Å². The second kappa shape index (κ2) is 11.2. The lowest BCUT2D eigenvalue weighted by Gasteiger charge is -2.43. The van der Waals surface area contributed by atoms with Gasteiger partial charge in [0.2, 0.25) is 12.4 Å². The summed E-state index contributed by atoms with van der Waals surface area (Å²) in [6.45, 7) is 3.91. The van der Waals surface area contributed by atoms with Crippen molar-refractivity contribution in [2.45, 2.75) is 58.4 Å². The molecule has 0 amide bonds. The maximum atomic E-state index is 11.8. The molecule has 1 unspecified atom stereocenters. The molecule has 5 atom stereocenters. The van der Waals surface area contributed by atoms with E-state index in [-0.39, 0.29) is 5.75 Å². The third-order valence-electron chi connectivity index (χ3n) is 4.25. The monoisotopic (exact) mass is 469 g/mol. The maximum Gasteiger partial charge on any atom is 0.311 e. The van der Waals surface area contributed by atoms with Crippen molar-refractivity contribution in [1.82, 2.24) is 0 Å². The van der Waals surface area contributed by atoms with E-state index in [2.05, 4.69) is 0 Å². The average Bonchev–Trinajstić information content (AvgIpc) is 2.70. The molecule has 0 radical (unpaired) electrons. The molecule has 1 aliphatic rings. The van der Waals surface area contributed by atoms with Crippen molar-refractivity contribution in [3.8, 4) is 5.75 Å². The lowest BCUT2D eigenvalue weighted by Crippen LogP contribution is -2.63. The third kappa shape index (κ3) is 7.14. The lowest BCUT2D eigenvalue weighted by atomic mass is 9.98. The summed E-state index contributed by atoms with van der Waals surface area (Å²) in [6, 6.07) is 5.35. The predicted molar refractivity (Wildman–Crippen MR) is 106 cm³/mol.